The molecule has 0 bridgehead atoms. The van der Waals surface area contributed by atoms with Crippen molar-refractivity contribution in [3.63, 3.8) is 0 Å². The number of para-hydroxylation sites is 1. The molecule has 0 saturated heterocycles. The third-order valence-electron chi connectivity index (χ3n) is 2.46. The zero-order valence-corrected chi connectivity index (χ0v) is 9.46. The Hall–Kier alpha value is -1.06. The Balaban J connectivity index is 2.40. The molecule has 84 valence electrons. The number of nitrogens with one attached hydrogen (secondary N) is 2. The molecule has 1 unspecified atom stereocenters. The predicted molar refractivity (Wildman–Crippen MR) is 63.1 cm³/mol. The van der Waals surface area contributed by atoms with Crippen molar-refractivity contribution < 1.29 is 5.11 Å². The summed E-state index contributed by atoms with van der Waals surface area (Å²) < 4.78 is 0. The molecule has 3 N–H and O–H groups in total. The van der Waals surface area contributed by atoms with E-state index in [1.807, 2.05) is 25.2 Å². The molecule has 0 radical (unpaired) electrons. The van der Waals surface area contributed by atoms with Crippen LogP contribution in [-0.2, 0) is 0 Å². The van der Waals surface area contributed by atoms with E-state index in [1.54, 1.807) is 6.07 Å². The average Bonchev–Trinajstić information content (AvgIpc) is 2.25. The van der Waals surface area contributed by atoms with Gasteiger partial charge in [0, 0.05) is 11.6 Å². The summed E-state index contributed by atoms with van der Waals surface area (Å²) in [6.07, 6.45) is 1.09. The predicted octanol–water partition coefficient (Wildman–Crippen LogP) is 1.65. The van der Waals surface area contributed by atoms with Crippen LogP contribution in [0.15, 0.2) is 24.3 Å². The Morgan fingerprint density at radius 3 is 2.67 bits per heavy atom. The molecule has 1 aromatic carbocycles. The van der Waals surface area contributed by atoms with Crippen LogP contribution in [0.2, 0.25) is 0 Å². The Labute approximate surface area is 91.5 Å². The van der Waals surface area contributed by atoms with Crippen molar-refractivity contribution in [2.45, 2.75) is 19.4 Å². The van der Waals surface area contributed by atoms with E-state index in [2.05, 4.69) is 17.6 Å². The van der Waals surface area contributed by atoms with Crippen molar-refractivity contribution in [2.75, 3.05) is 20.1 Å². The SMILES string of the molecule is CNCCCNC(C)c1ccccc1O. The molecule has 0 aliphatic rings. The molecule has 0 aliphatic carbocycles. The fourth-order valence-corrected chi connectivity index (χ4v) is 1.55. The summed E-state index contributed by atoms with van der Waals surface area (Å²) in [5.41, 5.74) is 0.960. The van der Waals surface area contributed by atoms with Gasteiger partial charge in [0.15, 0.2) is 0 Å². The first kappa shape index (κ1) is 12.0. The van der Waals surface area contributed by atoms with Crippen molar-refractivity contribution in [3.05, 3.63) is 29.8 Å². The van der Waals surface area contributed by atoms with Crippen molar-refractivity contribution >= 4 is 0 Å². The number of hydrogen-bond acceptors (Lipinski definition) is 3. The van der Waals surface area contributed by atoms with Crippen LogP contribution < -0.4 is 10.6 Å². The summed E-state index contributed by atoms with van der Waals surface area (Å²) >= 11 is 0. The highest BCUT2D eigenvalue weighted by Crippen LogP contribution is 2.22. The van der Waals surface area contributed by atoms with Crippen LogP contribution in [-0.4, -0.2) is 25.2 Å². The molecule has 0 fully saturated rings. The molecule has 0 aromatic heterocycles. The first-order valence-electron chi connectivity index (χ1n) is 5.41. The van der Waals surface area contributed by atoms with E-state index in [4.69, 9.17) is 0 Å². The van der Waals surface area contributed by atoms with Crippen molar-refractivity contribution in [1.82, 2.24) is 10.6 Å². The van der Waals surface area contributed by atoms with E-state index in [9.17, 15) is 5.11 Å². The summed E-state index contributed by atoms with van der Waals surface area (Å²) in [5, 5.41) is 16.1. The maximum absolute atomic E-state index is 9.63. The normalized spacial score (nSPS) is 12.7. The van der Waals surface area contributed by atoms with Crippen LogP contribution >= 0.6 is 0 Å². The number of hydrogen-bond donors (Lipinski definition) is 3. The van der Waals surface area contributed by atoms with Gasteiger partial charge in [0.05, 0.1) is 0 Å². The van der Waals surface area contributed by atoms with E-state index in [1.165, 1.54) is 0 Å². The van der Waals surface area contributed by atoms with Crippen LogP contribution in [0.5, 0.6) is 5.75 Å². The fourth-order valence-electron chi connectivity index (χ4n) is 1.55. The highest BCUT2D eigenvalue weighted by Gasteiger charge is 2.07. The maximum Gasteiger partial charge on any atom is 0.120 e. The van der Waals surface area contributed by atoms with Gasteiger partial charge in [-0.05, 0) is 39.5 Å². The highest BCUT2D eigenvalue weighted by molar-refractivity contribution is 5.33. The van der Waals surface area contributed by atoms with Gasteiger partial charge < -0.3 is 15.7 Å². The second-order valence-corrected chi connectivity index (χ2v) is 3.69. The minimum Gasteiger partial charge on any atom is -0.508 e. The number of rotatable bonds is 6. The third-order valence-corrected chi connectivity index (χ3v) is 2.46. The van der Waals surface area contributed by atoms with Crippen molar-refractivity contribution in [1.29, 1.82) is 0 Å². The van der Waals surface area contributed by atoms with E-state index in [0.717, 1.165) is 25.1 Å². The Morgan fingerprint density at radius 1 is 1.27 bits per heavy atom. The van der Waals surface area contributed by atoms with Gasteiger partial charge >= 0.3 is 0 Å². The number of phenolic OH excluding ortho intramolecular Hbond substituents is 1. The lowest BCUT2D eigenvalue weighted by Crippen LogP contribution is -2.22. The summed E-state index contributed by atoms with van der Waals surface area (Å²) in [7, 11) is 1.95. The van der Waals surface area contributed by atoms with Crippen LogP contribution in [0.1, 0.15) is 24.9 Å². The molecule has 0 aliphatic heterocycles. The first-order valence-corrected chi connectivity index (χ1v) is 5.41. The van der Waals surface area contributed by atoms with Gasteiger partial charge in [-0.1, -0.05) is 18.2 Å². The molecule has 3 nitrogen and oxygen atoms in total. The summed E-state index contributed by atoms with van der Waals surface area (Å²) in [6, 6.07) is 7.66. The Morgan fingerprint density at radius 2 is 2.00 bits per heavy atom. The lowest BCUT2D eigenvalue weighted by molar-refractivity contribution is 0.451. The molecule has 3 heteroatoms. The zero-order chi connectivity index (χ0) is 11.1. The maximum atomic E-state index is 9.63. The first-order chi connectivity index (χ1) is 7.25. The molecule has 1 aromatic rings. The second-order valence-electron chi connectivity index (χ2n) is 3.69. The molecular weight excluding hydrogens is 188 g/mol. The van der Waals surface area contributed by atoms with Gasteiger partial charge in [-0.3, -0.25) is 0 Å². The van der Waals surface area contributed by atoms with E-state index in [-0.39, 0.29) is 6.04 Å². The fraction of sp³-hybridized carbons (Fsp3) is 0.500. The van der Waals surface area contributed by atoms with Gasteiger partial charge in [0.2, 0.25) is 0 Å². The van der Waals surface area contributed by atoms with Gasteiger partial charge in [-0.15, -0.1) is 0 Å². The topological polar surface area (TPSA) is 44.3 Å². The molecule has 1 atom stereocenters. The van der Waals surface area contributed by atoms with Crippen molar-refractivity contribution in [2.24, 2.45) is 0 Å². The lowest BCUT2D eigenvalue weighted by Gasteiger charge is -2.15. The van der Waals surface area contributed by atoms with Gasteiger partial charge in [0.1, 0.15) is 5.75 Å². The largest absolute Gasteiger partial charge is 0.508 e. The quantitative estimate of drug-likeness (QED) is 0.623. The average molecular weight is 208 g/mol. The summed E-state index contributed by atoms with van der Waals surface area (Å²) in [4.78, 5) is 0. The van der Waals surface area contributed by atoms with Crippen LogP contribution in [0.25, 0.3) is 0 Å². The standard InChI is InChI=1S/C12H20N2O/c1-10(14-9-5-8-13-2)11-6-3-4-7-12(11)15/h3-4,6-7,10,13-15H,5,8-9H2,1-2H3. The minimum atomic E-state index is 0.197. The van der Waals surface area contributed by atoms with Crippen LogP contribution in [0, 0.1) is 0 Å². The number of phenols is 1. The van der Waals surface area contributed by atoms with Gasteiger partial charge in [-0.2, -0.15) is 0 Å². The number of benzene rings is 1. The van der Waals surface area contributed by atoms with Crippen LogP contribution in [0.3, 0.4) is 0 Å². The summed E-state index contributed by atoms with van der Waals surface area (Å²) in [6.45, 7) is 4.03. The molecule has 0 spiro atoms. The smallest absolute Gasteiger partial charge is 0.120 e. The van der Waals surface area contributed by atoms with Crippen LogP contribution in [0.4, 0.5) is 0 Å². The second kappa shape index (κ2) is 6.43. The Bertz CT molecular complexity index is 289. The monoisotopic (exact) mass is 208 g/mol. The summed E-state index contributed by atoms with van der Waals surface area (Å²) in [5.74, 6) is 0.367. The van der Waals surface area contributed by atoms with Gasteiger partial charge in [0.25, 0.3) is 0 Å². The lowest BCUT2D eigenvalue weighted by atomic mass is 10.1. The molecule has 0 saturated carbocycles. The third kappa shape index (κ3) is 3.90. The van der Waals surface area contributed by atoms with E-state index in [0.29, 0.717) is 5.75 Å². The van der Waals surface area contributed by atoms with Crippen molar-refractivity contribution in [3.8, 4) is 5.75 Å². The minimum absolute atomic E-state index is 0.197. The zero-order valence-electron chi connectivity index (χ0n) is 9.46. The molecular formula is C12H20N2O. The molecule has 1 rings (SSSR count). The number of aromatic hydroxyl groups is 1. The van der Waals surface area contributed by atoms with Gasteiger partial charge in [-0.25, -0.2) is 0 Å². The molecule has 0 amide bonds. The Kier molecular flexibility index (Phi) is 5.15. The molecule has 0 heterocycles. The highest BCUT2D eigenvalue weighted by atomic mass is 16.3. The van der Waals surface area contributed by atoms with E-state index >= 15 is 0 Å². The molecule has 15 heavy (non-hydrogen) atoms. The van der Waals surface area contributed by atoms with E-state index < -0.39 is 0 Å².